The molecule has 0 bridgehead atoms. The summed E-state index contributed by atoms with van der Waals surface area (Å²) in [6.45, 7) is 3.51. The molecule has 0 aliphatic rings. The number of carbonyl (C=O) groups is 2. The van der Waals surface area contributed by atoms with Crippen LogP contribution in [-0.2, 0) is 17.8 Å². The van der Waals surface area contributed by atoms with E-state index in [0.717, 1.165) is 16.9 Å². The first kappa shape index (κ1) is 27.1. The molecule has 0 saturated carbocycles. The maximum absolute atomic E-state index is 13.5. The molecule has 36 heavy (non-hydrogen) atoms. The summed E-state index contributed by atoms with van der Waals surface area (Å²) in [6, 6.07) is 16.8. The van der Waals surface area contributed by atoms with Crippen molar-refractivity contribution < 1.29 is 23.8 Å². The number of carbonyl (C=O) groups excluding carboxylic acids is 2. The van der Waals surface area contributed by atoms with Gasteiger partial charge in [-0.05, 0) is 60.2 Å². The van der Waals surface area contributed by atoms with E-state index in [4.69, 9.17) is 14.2 Å². The molecule has 0 aliphatic carbocycles. The van der Waals surface area contributed by atoms with E-state index in [0.29, 0.717) is 48.9 Å². The van der Waals surface area contributed by atoms with E-state index in [-0.39, 0.29) is 18.4 Å². The molecular formula is C28H34N2O5S. The monoisotopic (exact) mass is 510 g/mol. The highest BCUT2D eigenvalue weighted by Gasteiger charge is 2.23. The summed E-state index contributed by atoms with van der Waals surface area (Å²) in [5.74, 6) is 1.66. The van der Waals surface area contributed by atoms with Gasteiger partial charge in [-0.3, -0.25) is 9.59 Å². The number of methoxy groups -OCH3 is 3. The van der Waals surface area contributed by atoms with Crippen LogP contribution in [0, 0.1) is 0 Å². The van der Waals surface area contributed by atoms with Gasteiger partial charge in [0, 0.05) is 23.5 Å². The van der Waals surface area contributed by atoms with E-state index in [1.54, 1.807) is 61.8 Å². The number of benzene rings is 2. The van der Waals surface area contributed by atoms with Gasteiger partial charge < -0.3 is 24.0 Å². The number of thiophene rings is 1. The lowest BCUT2D eigenvalue weighted by Crippen LogP contribution is -2.43. The van der Waals surface area contributed by atoms with Crippen molar-refractivity contribution in [3.8, 4) is 17.2 Å². The summed E-state index contributed by atoms with van der Waals surface area (Å²) in [5, 5.41) is 2.00. The fourth-order valence-electron chi connectivity index (χ4n) is 3.91. The van der Waals surface area contributed by atoms with Crippen LogP contribution in [0.15, 0.2) is 60.0 Å². The average Bonchev–Trinajstić information content (AvgIpc) is 3.43. The lowest BCUT2D eigenvalue weighted by molar-refractivity contribution is -0.132. The van der Waals surface area contributed by atoms with Crippen LogP contribution < -0.4 is 14.2 Å². The summed E-state index contributed by atoms with van der Waals surface area (Å²) in [6.07, 6.45) is 1.40. The molecule has 1 aromatic heterocycles. The van der Waals surface area contributed by atoms with Crippen LogP contribution in [-0.4, -0.2) is 62.6 Å². The van der Waals surface area contributed by atoms with Crippen molar-refractivity contribution >= 4 is 23.2 Å². The van der Waals surface area contributed by atoms with Crippen LogP contribution in [0.3, 0.4) is 0 Å². The smallest absolute Gasteiger partial charge is 0.254 e. The SMILES string of the molecule is CCCN(CC(=O)N(CCc1ccc(OC)c(OC)c1)Cc1cccs1)C(=O)c1cccc(OC)c1. The van der Waals surface area contributed by atoms with Crippen molar-refractivity contribution in [2.45, 2.75) is 26.3 Å². The Kier molecular flexibility index (Phi) is 10.2. The lowest BCUT2D eigenvalue weighted by Gasteiger charge is -2.27. The van der Waals surface area contributed by atoms with Crippen LogP contribution >= 0.6 is 11.3 Å². The van der Waals surface area contributed by atoms with Gasteiger partial charge in [0.05, 0.1) is 27.9 Å². The quantitative estimate of drug-likeness (QED) is 0.327. The molecule has 2 amide bonds. The normalized spacial score (nSPS) is 10.6. The van der Waals surface area contributed by atoms with Crippen LogP contribution in [0.2, 0.25) is 0 Å². The van der Waals surface area contributed by atoms with Gasteiger partial charge in [0.15, 0.2) is 11.5 Å². The first-order valence-electron chi connectivity index (χ1n) is 11.9. The highest BCUT2D eigenvalue weighted by molar-refractivity contribution is 7.09. The first-order valence-corrected chi connectivity index (χ1v) is 12.8. The fourth-order valence-corrected chi connectivity index (χ4v) is 4.63. The number of nitrogens with zero attached hydrogens (tertiary/aromatic N) is 2. The van der Waals surface area contributed by atoms with Gasteiger partial charge in [-0.2, -0.15) is 0 Å². The highest BCUT2D eigenvalue weighted by atomic mass is 32.1. The van der Waals surface area contributed by atoms with E-state index < -0.39 is 0 Å². The van der Waals surface area contributed by atoms with Crippen LogP contribution in [0.4, 0.5) is 0 Å². The minimum Gasteiger partial charge on any atom is -0.497 e. The molecule has 0 saturated heterocycles. The van der Waals surface area contributed by atoms with Crippen molar-refractivity contribution in [2.75, 3.05) is 41.0 Å². The van der Waals surface area contributed by atoms with Gasteiger partial charge in [-0.25, -0.2) is 0 Å². The Bertz CT molecular complexity index is 1130. The fraction of sp³-hybridized carbons (Fsp3) is 0.357. The summed E-state index contributed by atoms with van der Waals surface area (Å²) >= 11 is 1.61. The highest BCUT2D eigenvalue weighted by Crippen LogP contribution is 2.28. The van der Waals surface area contributed by atoms with Crippen molar-refractivity contribution in [1.29, 1.82) is 0 Å². The number of rotatable bonds is 13. The second kappa shape index (κ2) is 13.5. The first-order chi connectivity index (χ1) is 17.5. The van der Waals surface area contributed by atoms with Gasteiger partial charge in [0.2, 0.25) is 5.91 Å². The van der Waals surface area contributed by atoms with Gasteiger partial charge in [-0.15, -0.1) is 11.3 Å². The summed E-state index contributed by atoms with van der Waals surface area (Å²) in [7, 11) is 4.78. The largest absolute Gasteiger partial charge is 0.497 e. The number of amides is 2. The van der Waals surface area contributed by atoms with E-state index in [1.165, 1.54) is 0 Å². The molecule has 0 N–H and O–H groups in total. The predicted octanol–water partition coefficient (Wildman–Crippen LogP) is 4.90. The van der Waals surface area contributed by atoms with E-state index in [9.17, 15) is 9.59 Å². The van der Waals surface area contributed by atoms with Gasteiger partial charge in [-0.1, -0.05) is 25.1 Å². The second-order valence-electron chi connectivity index (χ2n) is 8.29. The maximum Gasteiger partial charge on any atom is 0.254 e. The Labute approximate surface area is 217 Å². The minimum atomic E-state index is -0.180. The predicted molar refractivity (Wildman–Crippen MR) is 142 cm³/mol. The third-order valence-electron chi connectivity index (χ3n) is 5.82. The van der Waals surface area contributed by atoms with E-state index >= 15 is 0 Å². The summed E-state index contributed by atoms with van der Waals surface area (Å²) in [5.41, 5.74) is 1.54. The third kappa shape index (κ3) is 7.24. The average molecular weight is 511 g/mol. The zero-order chi connectivity index (χ0) is 25.9. The van der Waals surface area contributed by atoms with E-state index in [1.807, 2.05) is 47.5 Å². The molecule has 0 unspecified atom stereocenters. The Hall–Kier alpha value is -3.52. The van der Waals surface area contributed by atoms with Crippen molar-refractivity contribution in [1.82, 2.24) is 9.80 Å². The molecule has 3 rings (SSSR count). The van der Waals surface area contributed by atoms with Gasteiger partial charge in [0.1, 0.15) is 12.3 Å². The Balaban J connectivity index is 1.76. The molecule has 0 aliphatic heterocycles. The Morgan fingerprint density at radius 1 is 0.861 bits per heavy atom. The molecule has 3 aromatic rings. The van der Waals surface area contributed by atoms with Crippen LogP contribution in [0.5, 0.6) is 17.2 Å². The maximum atomic E-state index is 13.5. The molecule has 0 fully saturated rings. The molecule has 0 atom stereocenters. The molecule has 7 nitrogen and oxygen atoms in total. The molecule has 0 radical (unpaired) electrons. The Morgan fingerprint density at radius 3 is 2.33 bits per heavy atom. The lowest BCUT2D eigenvalue weighted by atomic mass is 10.1. The van der Waals surface area contributed by atoms with Crippen LogP contribution in [0.25, 0.3) is 0 Å². The molecule has 0 spiro atoms. The number of hydrogen-bond donors (Lipinski definition) is 0. The number of hydrogen-bond acceptors (Lipinski definition) is 6. The zero-order valence-electron chi connectivity index (χ0n) is 21.4. The third-order valence-corrected chi connectivity index (χ3v) is 6.68. The van der Waals surface area contributed by atoms with Crippen molar-refractivity contribution in [2.24, 2.45) is 0 Å². The van der Waals surface area contributed by atoms with Gasteiger partial charge in [0.25, 0.3) is 5.91 Å². The standard InChI is InChI=1S/C28H34N2O5S/c1-5-14-30(28(32)22-8-6-9-23(18-22)33-2)20-27(31)29(19-24-10-7-16-36-24)15-13-21-11-12-25(34-3)26(17-21)35-4/h6-12,16-18H,5,13-15,19-20H2,1-4H3. The zero-order valence-corrected chi connectivity index (χ0v) is 22.2. The number of ether oxygens (including phenoxy) is 3. The molecule has 8 heteroatoms. The van der Waals surface area contributed by atoms with Crippen molar-refractivity contribution in [3.63, 3.8) is 0 Å². The van der Waals surface area contributed by atoms with Crippen molar-refractivity contribution in [3.05, 3.63) is 76.0 Å². The van der Waals surface area contributed by atoms with Crippen LogP contribution in [0.1, 0.15) is 34.1 Å². The molecular weight excluding hydrogens is 476 g/mol. The topological polar surface area (TPSA) is 68.3 Å². The summed E-state index contributed by atoms with van der Waals surface area (Å²) < 4.78 is 16.0. The molecule has 192 valence electrons. The molecule has 2 aromatic carbocycles. The Morgan fingerprint density at radius 2 is 1.67 bits per heavy atom. The van der Waals surface area contributed by atoms with Gasteiger partial charge >= 0.3 is 0 Å². The summed E-state index contributed by atoms with van der Waals surface area (Å²) in [4.78, 5) is 31.3. The van der Waals surface area contributed by atoms with E-state index in [2.05, 4.69) is 0 Å². The molecule has 1 heterocycles. The minimum absolute atomic E-state index is 0.0151. The second-order valence-corrected chi connectivity index (χ2v) is 9.32.